The number of unbranched alkanes of at least 4 members (excludes halogenated alkanes) is 1. The van der Waals surface area contributed by atoms with Crippen molar-refractivity contribution in [1.29, 1.82) is 0 Å². The maximum atomic E-state index is 13.5. The van der Waals surface area contributed by atoms with Crippen LogP contribution in [0.25, 0.3) is 11.1 Å². The van der Waals surface area contributed by atoms with Crippen LogP contribution in [0.1, 0.15) is 91.8 Å². The lowest BCUT2D eigenvalue weighted by atomic mass is 9.87. The second-order valence-corrected chi connectivity index (χ2v) is 12.7. The minimum atomic E-state index is 0.0865. The van der Waals surface area contributed by atoms with E-state index in [0.29, 0.717) is 29.7 Å². The molecule has 1 amide bonds. The van der Waals surface area contributed by atoms with Gasteiger partial charge in [-0.1, -0.05) is 50.1 Å². The number of piperidine rings is 2. The van der Waals surface area contributed by atoms with Crippen LogP contribution in [-0.4, -0.2) is 63.5 Å². The molecule has 0 aliphatic carbocycles. The summed E-state index contributed by atoms with van der Waals surface area (Å²) in [6, 6.07) is 15.4. The van der Waals surface area contributed by atoms with E-state index in [1.54, 1.807) is 0 Å². The van der Waals surface area contributed by atoms with Crippen molar-refractivity contribution in [3.63, 3.8) is 0 Å². The molecule has 2 aliphatic rings. The second kappa shape index (κ2) is 13.8. The number of likely N-dealkylation sites (tertiary alicyclic amines) is 2. The maximum absolute atomic E-state index is 13.5. The van der Waals surface area contributed by atoms with E-state index in [2.05, 4.69) is 55.0 Å². The molecule has 0 saturated carbocycles. The largest absolute Gasteiger partial charge is 0.339 e. The van der Waals surface area contributed by atoms with Crippen LogP contribution in [0.5, 0.6) is 0 Å². The summed E-state index contributed by atoms with van der Waals surface area (Å²) >= 11 is 0. The van der Waals surface area contributed by atoms with Crippen molar-refractivity contribution < 1.29 is 9.59 Å². The third-order valence-electron chi connectivity index (χ3n) is 9.75. The number of benzene rings is 2. The maximum Gasteiger partial charge on any atom is 0.253 e. The fraction of sp³-hybridized carbons (Fsp3) is 0.528. The summed E-state index contributed by atoms with van der Waals surface area (Å²) in [5, 5.41) is 4.28. The molecule has 2 fully saturated rings. The van der Waals surface area contributed by atoms with Gasteiger partial charge in [0, 0.05) is 55.8 Å². The average Bonchev–Trinajstić information content (AvgIpc) is 3.47. The van der Waals surface area contributed by atoms with Gasteiger partial charge in [0.15, 0.2) is 0 Å². The van der Waals surface area contributed by atoms with E-state index in [0.717, 1.165) is 68.6 Å². The summed E-state index contributed by atoms with van der Waals surface area (Å²) < 4.78 is 1.82. The minimum Gasteiger partial charge on any atom is -0.339 e. The molecule has 3 heterocycles. The number of aromatic nitrogens is 2. The molecular formula is C36H48N4O2. The Morgan fingerprint density at radius 2 is 1.67 bits per heavy atom. The number of ketones is 1. The van der Waals surface area contributed by atoms with Crippen LogP contribution in [0.15, 0.2) is 54.9 Å². The van der Waals surface area contributed by atoms with Crippen LogP contribution in [-0.2, 0) is 18.3 Å². The van der Waals surface area contributed by atoms with E-state index in [4.69, 9.17) is 0 Å². The van der Waals surface area contributed by atoms with Gasteiger partial charge < -0.3 is 9.80 Å². The Kier molecular flexibility index (Phi) is 9.94. The zero-order valence-corrected chi connectivity index (χ0v) is 26.0. The number of carbonyl (C=O) groups is 2. The fourth-order valence-corrected chi connectivity index (χ4v) is 6.79. The van der Waals surface area contributed by atoms with Crippen LogP contribution in [0.2, 0.25) is 0 Å². The summed E-state index contributed by atoms with van der Waals surface area (Å²) in [5.74, 6) is 1.02. The Bertz CT molecular complexity index is 1340. The van der Waals surface area contributed by atoms with Gasteiger partial charge in [-0.3, -0.25) is 14.3 Å². The third-order valence-corrected chi connectivity index (χ3v) is 9.75. The highest BCUT2D eigenvalue weighted by Crippen LogP contribution is 2.31. The SMILES string of the molecule is CCCCC(C)N1CCC(C(=O)Cc2cc(C(=O)N3CCC(c4ccc(-c5cnn(C)c5)cc4)CC3)ccc2C)CC1. The monoisotopic (exact) mass is 568 g/mol. The molecule has 2 aromatic carbocycles. The molecule has 0 spiro atoms. The lowest BCUT2D eigenvalue weighted by Crippen LogP contribution is -2.41. The molecular weight excluding hydrogens is 520 g/mol. The number of nitrogens with zero attached hydrogens (tertiary/aromatic N) is 4. The van der Waals surface area contributed by atoms with Crippen LogP contribution in [0.3, 0.4) is 0 Å². The first-order valence-electron chi connectivity index (χ1n) is 16.1. The number of carbonyl (C=O) groups excluding carboxylic acids is 2. The highest BCUT2D eigenvalue weighted by Gasteiger charge is 2.28. The van der Waals surface area contributed by atoms with Crippen molar-refractivity contribution in [3.05, 3.63) is 77.1 Å². The molecule has 1 atom stereocenters. The molecule has 224 valence electrons. The normalized spacial score (nSPS) is 17.9. The molecule has 0 radical (unpaired) electrons. The lowest BCUT2D eigenvalue weighted by Gasteiger charge is -2.35. The Morgan fingerprint density at radius 3 is 2.31 bits per heavy atom. The van der Waals surface area contributed by atoms with E-state index in [-0.39, 0.29) is 11.8 Å². The van der Waals surface area contributed by atoms with Gasteiger partial charge in [-0.2, -0.15) is 5.10 Å². The molecule has 2 aliphatic heterocycles. The van der Waals surface area contributed by atoms with Crippen molar-refractivity contribution in [3.8, 4) is 11.1 Å². The predicted molar refractivity (Wildman–Crippen MR) is 170 cm³/mol. The molecule has 42 heavy (non-hydrogen) atoms. The quantitative estimate of drug-likeness (QED) is 0.269. The Morgan fingerprint density at radius 1 is 0.952 bits per heavy atom. The van der Waals surface area contributed by atoms with Crippen molar-refractivity contribution in [2.45, 2.75) is 84.1 Å². The van der Waals surface area contributed by atoms with Gasteiger partial charge in [0.1, 0.15) is 5.78 Å². The number of hydrogen-bond donors (Lipinski definition) is 0. The van der Waals surface area contributed by atoms with Gasteiger partial charge in [-0.25, -0.2) is 0 Å². The van der Waals surface area contributed by atoms with E-state index in [9.17, 15) is 9.59 Å². The van der Waals surface area contributed by atoms with E-state index < -0.39 is 0 Å². The summed E-state index contributed by atoms with van der Waals surface area (Å²) in [5.41, 5.74) is 6.46. The fourth-order valence-electron chi connectivity index (χ4n) is 6.79. The molecule has 1 aromatic heterocycles. The molecule has 1 unspecified atom stereocenters. The molecule has 5 rings (SSSR count). The summed E-state index contributed by atoms with van der Waals surface area (Å²) in [4.78, 5) is 31.4. The highest BCUT2D eigenvalue weighted by molar-refractivity contribution is 5.95. The van der Waals surface area contributed by atoms with Crippen LogP contribution < -0.4 is 0 Å². The number of aryl methyl sites for hydroxylation is 2. The Balaban J connectivity index is 1.14. The lowest BCUT2D eigenvalue weighted by molar-refractivity contribution is -0.123. The molecule has 0 N–H and O–H groups in total. The van der Waals surface area contributed by atoms with Crippen molar-refractivity contribution in [2.75, 3.05) is 26.2 Å². The second-order valence-electron chi connectivity index (χ2n) is 12.7. The first kappa shape index (κ1) is 30.2. The van der Waals surface area contributed by atoms with Crippen LogP contribution in [0, 0.1) is 12.8 Å². The van der Waals surface area contributed by atoms with Gasteiger partial charge in [-0.05, 0) is 99.3 Å². The summed E-state index contributed by atoms with van der Waals surface area (Å²) in [6.07, 6.45) is 11.9. The first-order chi connectivity index (χ1) is 20.3. The Hall–Kier alpha value is -3.25. The van der Waals surface area contributed by atoms with E-state index >= 15 is 0 Å². The minimum absolute atomic E-state index is 0.0865. The standard InChI is InChI=1S/C36H48N4O2/c1-5-6-7-27(3)39-18-16-31(17-19-39)35(41)23-33-22-32(9-8-26(33)2)36(42)40-20-14-30(15-21-40)28-10-12-29(13-11-28)34-24-37-38(4)25-34/h8-13,22,24-25,27,30-31H,5-7,14-21,23H2,1-4H3. The van der Waals surface area contributed by atoms with Crippen molar-refractivity contribution >= 4 is 11.7 Å². The van der Waals surface area contributed by atoms with Gasteiger partial charge in [0.25, 0.3) is 5.91 Å². The van der Waals surface area contributed by atoms with Crippen molar-refractivity contribution in [2.24, 2.45) is 13.0 Å². The Labute approximate surface area is 252 Å². The molecule has 2 saturated heterocycles. The van der Waals surface area contributed by atoms with Crippen LogP contribution >= 0.6 is 0 Å². The number of amides is 1. The third kappa shape index (κ3) is 7.20. The van der Waals surface area contributed by atoms with Gasteiger partial charge in [0.05, 0.1) is 6.20 Å². The number of Topliss-reactive ketones (excluding diaryl/α,β-unsaturated/α-hetero) is 1. The van der Waals surface area contributed by atoms with Crippen molar-refractivity contribution in [1.82, 2.24) is 19.6 Å². The highest BCUT2D eigenvalue weighted by atomic mass is 16.2. The van der Waals surface area contributed by atoms with Gasteiger partial charge >= 0.3 is 0 Å². The van der Waals surface area contributed by atoms with Gasteiger partial charge in [-0.15, -0.1) is 0 Å². The molecule has 6 nitrogen and oxygen atoms in total. The summed E-state index contributed by atoms with van der Waals surface area (Å²) in [7, 11) is 1.93. The number of hydrogen-bond acceptors (Lipinski definition) is 4. The zero-order chi connectivity index (χ0) is 29.6. The summed E-state index contributed by atoms with van der Waals surface area (Å²) in [6.45, 7) is 10.2. The number of rotatable bonds is 10. The topological polar surface area (TPSA) is 58.4 Å². The first-order valence-corrected chi connectivity index (χ1v) is 16.1. The smallest absolute Gasteiger partial charge is 0.253 e. The molecule has 0 bridgehead atoms. The predicted octanol–water partition coefficient (Wildman–Crippen LogP) is 6.82. The molecule has 3 aromatic rings. The average molecular weight is 569 g/mol. The zero-order valence-electron chi connectivity index (χ0n) is 26.0. The molecule has 6 heteroatoms. The van der Waals surface area contributed by atoms with Crippen LogP contribution in [0.4, 0.5) is 0 Å². The van der Waals surface area contributed by atoms with Gasteiger partial charge in [0.2, 0.25) is 0 Å². The van der Waals surface area contributed by atoms with E-state index in [1.807, 2.05) is 47.2 Å². The van der Waals surface area contributed by atoms with E-state index in [1.165, 1.54) is 30.4 Å².